The van der Waals surface area contributed by atoms with E-state index in [4.69, 9.17) is 0 Å². The second-order valence-electron chi connectivity index (χ2n) is 5.58. The van der Waals surface area contributed by atoms with Crippen LogP contribution in [0.4, 0.5) is 0 Å². The number of nitrogens with one attached hydrogen (secondary N) is 3. The molecule has 0 bridgehead atoms. The van der Waals surface area contributed by atoms with Gasteiger partial charge in [0.15, 0.2) is 0 Å². The summed E-state index contributed by atoms with van der Waals surface area (Å²) in [4.78, 5) is 17.0. The fraction of sp³-hybridized carbons (Fsp3) is 0.615. The molecule has 1 aromatic rings. The maximum atomic E-state index is 12.4. The molecule has 118 valence electrons. The molecule has 1 aliphatic rings. The van der Waals surface area contributed by atoms with E-state index in [1.165, 1.54) is 12.3 Å². The van der Waals surface area contributed by atoms with Crippen LogP contribution in [0.15, 0.2) is 17.2 Å². The number of amides is 1. The van der Waals surface area contributed by atoms with Crippen LogP contribution in [-0.4, -0.2) is 55.9 Å². The lowest BCUT2D eigenvalue weighted by Gasteiger charge is -2.33. The van der Waals surface area contributed by atoms with Crippen LogP contribution >= 0.6 is 0 Å². The van der Waals surface area contributed by atoms with Gasteiger partial charge in [-0.05, 0) is 26.8 Å². The molecular formula is C13H22N4O3S. The van der Waals surface area contributed by atoms with Crippen molar-refractivity contribution in [3.63, 3.8) is 0 Å². The molecule has 8 heteroatoms. The van der Waals surface area contributed by atoms with Gasteiger partial charge in [-0.15, -0.1) is 0 Å². The Morgan fingerprint density at radius 2 is 2.19 bits per heavy atom. The predicted octanol–water partition coefficient (Wildman–Crippen LogP) is 0.135. The summed E-state index contributed by atoms with van der Waals surface area (Å²) in [6.07, 6.45) is 1.35. The summed E-state index contributed by atoms with van der Waals surface area (Å²) in [6.45, 7) is 7.57. The van der Waals surface area contributed by atoms with E-state index >= 15 is 0 Å². The summed E-state index contributed by atoms with van der Waals surface area (Å²) in [5, 5.41) is 3.21. The molecule has 0 radical (unpaired) electrons. The van der Waals surface area contributed by atoms with E-state index in [9.17, 15) is 13.2 Å². The molecule has 1 aliphatic heterocycles. The van der Waals surface area contributed by atoms with Gasteiger partial charge in [-0.2, -0.15) is 0 Å². The van der Waals surface area contributed by atoms with Gasteiger partial charge in [0.05, 0.1) is 0 Å². The molecule has 21 heavy (non-hydrogen) atoms. The Bertz CT molecular complexity index is 609. The summed E-state index contributed by atoms with van der Waals surface area (Å²) < 4.78 is 26.6. The number of carbonyl (C=O) groups is 1. The van der Waals surface area contributed by atoms with Crippen molar-refractivity contribution in [2.45, 2.75) is 37.8 Å². The molecule has 0 aromatic carbocycles. The zero-order valence-electron chi connectivity index (χ0n) is 12.5. The zero-order valence-corrected chi connectivity index (χ0v) is 13.3. The van der Waals surface area contributed by atoms with Gasteiger partial charge in [-0.25, -0.2) is 13.1 Å². The summed E-state index contributed by atoms with van der Waals surface area (Å²) in [6, 6.07) is 1.28. The van der Waals surface area contributed by atoms with E-state index < -0.39 is 10.0 Å². The van der Waals surface area contributed by atoms with Gasteiger partial charge in [0.1, 0.15) is 10.6 Å². The Hall–Kier alpha value is -1.38. The Morgan fingerprint density at radius 3 is 2.81 bits per heavy atom. The summed E-state index contributed by atoms with van der Waals surface area (Å²) >= 11 is 0. The minimum atomic E-state index is -3.58. The fourth-order valence-corrected chi connectivity index (χ4v) is 3.57. The summed E-state index contributed by atoms with van der Waals surface area (Å²) in [5.74, 6) is -0.171. The van der Waals surface area contributed by atoms with Crippen molar-refractivity contribution in [2.24, 2.45) is 0 Å². The average molecular weight is 314 g/mol. The average Bonchev–Trinajstić information content (AvgIpc) is 2.87. The first-order chi connectivity index (χ1) is 9.81. The van der Waals surface area contributed by atoms with Gasteiger partial charge in [0.2, 0.25) is 10.0 Å². The molecule has 7 nitrogen and oxygen atoms in total. The topological polar surface area (TPSA) is 94.3 Å². The summed E-state index contributed by atoms with van der Waals surface area (Å²) in [5.41, 5.74) is 0.299. The molecule has 3 N–H and O–H groups in total. The number of aromatic nitrogens is 1. The van der Waals surface area contributed by atoms with E-state index in [1.807, 2.05) is 6.92 Å². The second kappa shape index (κ2) is 6.17. The van der Waals surface area contributed by atoms with Gasteiger partial charge in [0.25, 0.3) is 5.91 Å². The van der Waals surface area contributed by atoms with Crippen molar-refractivity contribution >= 4 is 15.9 Å². The molecule has 1 amide bonds. The van der Waals surface area contributed by atoms with Crippen molar-refractivity contribution in [2.75, 3.05) is 19.6 Å². The normalized spacial score (nSPS) is 20.0. The quantitative estimate of drug-likeness (QED) is 0.736. The minimum absolute atomic E-state index is 0.0855. The van der Waals surface area contributed by atoms with E-state index in [0.717, 1.165) is 13.1 Å². The molecule has 0 aliphatic carbocycles. The van der Waals surface area contributed by atoms with Crippen molar-refractivity contribution in [3.8, 4) is 0 Å². The molecule has 2 rings (SSSR count). The van der Waals surface area contributed by atoms with Gasteiger partial charge in [-0.1, -0.05) is 0 Å². The van der Waals surface area contributed by atoms with Crippen molar-refractivity contribution in [1.82, 2.24) is 19.9 Å². The summed E-state index contributed by atoms with van der Waals surface area (Å²) in [7, 11) is -3.58. The third-order valence-electron chi connectivity index (χ3n) is 3.35. The predicted molar refractivity (Wildman–Crippen MR) is 79.6 cm³/mol. The maximum Gasteiger partial charge on any atom is 0.270 e. The lowest BCUT2D eigenvalue weighted by molar-refractivity contribution is 0.0650. The number of hydrogen-bond donors (Lipinski definition) is 3. The van der Waals surface area contributed by atoms with Crippen LogP contribution in [0.1, 0.15) is 31.3 Å². The number of H-pyrrole nitrogens is 1. The first-order valence-corrected chi connectivity index (χ1v) is 8.52. The van der Waals surface area contributed by atoms with Crippen molar-refractivity contribution < 1.29 is 13.2 Å². The highest BCUT2D eigenvalue weighted by atomic mass is 32.2. The Morgan fingerprint density at radius 1 is 1.48 bits per heavy atom. The maximum absolute atomic E-state index is 12.4. The molecule has 0 unspecified atom stereocenters. The van der Waals surface area contributed by atoms with Crippen molar-refractivity contribution in [1.29, 1.82) is 0 Å². The van der Waals surface area contributed by atoms with Crippen LogP contribution < -0.4 is 10.0 Å². The highest BCUT2D eigenvalue weighted by Crippen LogP contribution is 2.15. The number of piperazine rings is 1. The molecule has 1 atom stereocenters. The smallest absolute Gasteiger partial charge is 0.270 e. The molecule has 1 saturated heterocycles. The number of sulfonamides is 1. The highest BCUT2D eigenvalue weighted by molar-refractivity contribution is 7.89. The monoisotopic (exact) mass is 314 g/mol. The van der Waals surface area contributed by atoms with Crippen LogP contribution in [0.2, 0.25) is 0 Å². The fourth-order valence-electron chi connectivity index (χ4n) is 2.33. The largest absolute Gasteiger partial charge is 0.356 e. The number of aromatic amines is 1. The minimum Gasteiger partial charge on any atom is -0.356 e. The van der Waals surface area contributed by atoms with Crippen LogP contribution in [0.5, 0.6) is 0 Å². The molecule has 0 saturated carbocycles. The van der Waals surface area contributed by atoms with Crippen LogP contribution in [-0.2, 0) is 10.0 Å². The molecule has 1 fully saturated rings. The third-order valence-corrected chi connectivity index (χ3v) is 4.99. The van der Waals surface area contributed by atoms with Gasteiger partial charge in [0, 0.05) is 37.9 Å². The van der Waals surface area contributed by atoms with Crippen LogP contribution in [0.3, 0.4) is 0 Å². The van der Waals surface area contributed by atoms with E-state index in [0.29, 0.717) is 12.2 Å². The number of carbonyl (C=O) groups excluding carboxylic acids is 1. The van der Waals surface area contributed by atoms with E-state index in [-0.39, 0.29) is 22.9 Å². The Kier molecular flexibility index (Phi) is 4.70. The second-order valence-corrected chi connectivity index (χ2v) is 7.29. The molecule has 0 spiro atoms. The first-order valence-electron chi connectivity index (χ1n) is 7.03. The lowest BCUT2D eigenvalue weighted by atomic mass is 10.2. The Balaban J connectivity index is 2.18. The lowest BCUT2D eigenvalue weighted by Crippen LogP contribution is -2.52. The van der Waals surface area contributed by atoms with Crippen LogP contribution in [0.25, 0.3) is 0 Å². The third kappa shape index (κ3) is 3.63. The number of rotatable bonds is 4. The zero-order chi connectivity index (χ0) is 15.6. The first kappa shape index (κ1) is 16.0. The molecule has 1 aromatic heterocycles. The number of hydrogen-bond acceptors (Lipinski definition) is 4. The van der Waals surface area contributed by atoms with Gasteiger partial charge in [-0.3, -0.25) is 4.79 Å². The molecule has 2 heterocycles. The van der Waals surface area contributed by atoms with E-state index in [1.54, 1.807) is 18.7 Å². The molecular weight excluding hydrogens is 292 g/mol. The highest BCUT2D eigenvalue weighted by Gasteiger charge is 2.26. The van der Waals surface area contributed by atoms with Gasteiger partial charge < -0.3 is 15.2 Å². The Labute approximate surface area is 125 Å². The van der Waals surface area contributed by atoms with Crippen molar-refractivity contribution in [3.05, 3.63) is 18.0 Å². The van der Waals surface area contributed by atoms with E-state index in [2.05, 4.69) is 15.0 Å². The number of nitrogens with zero attached hydrogens (tertiary/aromatic N) is 1. The van der Waals surface area contributed by atoms with Crippen LogP contribution in [0, 0.1) is 0 Å². The van der Waals surface area contributed by atoms with Gasteiger partial charge >= 0.3 is 0 Å². The standard InChI is InChI=1S/C13H22N4O3S/c1-9(2)16-21(19,20)11-6-12(15-8-11)13(18)17-5-4-14-7-10(17)3/h6,8-10,14-16H,4-5,7H2,1-3H3/t10-/m0/s1. The SMILES string of the molecule is CC(C)NS(=O)(=O)c1c[nH]c(C(=O)N2CCNC[C@@H]2C)c1.